The van der Waals surface area contributed by atoms with E-state index in [9.17, 15) is 9.59 Å². The topological polar surface area (TPSA) is 71.0 Å². The van der Waals surface area contributed by atoms with Gasteiger partial charge in [-0.05, 0) is 31.2 Å². The summed E-state index contributed by atoms with van der Waals surface area (Å²) in [5.74, 6) is -0.0399. The molecule has 1 aromatic rings. The number of hydrogen-bond acceptors (Lipinski definition) is 3. The molecule has 3 saturated heterocycles. The summed E-state index contributed by atoms with van der Waals surface area (Å²) in [6.45, 7) is 8.57. The van der Waals surface area contributed by atoms with Crippen molar-refractivity contribution in [3.8, 4) is 0 Å². The van der Waals surface area contributed by atoms with Crippen molar-refractivity contribution >= 4 is 11.8 Å². The molecule has 4 rings (SSSR count). The summed E-state index contributed by atoms with van der Waals surface area (Å²) >= 11 is 0. The van der Waals surface area contributed by atoms with Crippen LogP contribution in [0.5, 0.6) is 0 Å². The van der Waals surface area contributed by atoms with Crippen LogP contribution in [-0.4, -0.2) is 58.9 Å². The number of likely N-dealkylation sites (tertiary alicyclic amines) is 1. The van der Waals surface area contributed by atoms with Crippen molar-refractivity contribution in [3.05, 3.63) is 47.3 Å². The molecule has 2 N–H and O–H groups in total. The highest BCUT2D eigenvalue weighted by atomic mass is 16.2. The van der Waals surface area contributed by atoms with Gasteiger partial charge >= 0.3 is 0 Å². The summed E-state index contributed by atoms with van der Waals surface area (Å²) in [6.07, 6.45) is 5.27. The maximum atomic E-state index is 13.4. The molecule has 6 nitrogen and oxygen atoms in total. The Morgan fingerprint density at radius 3 is 2.57 bits per heavy atom. The largest absolute Gasteiger partial charge is 0.332 e. The quantitative estimate of drug-likeness (QED) is 0.800. The molecule has 148 valence electrons. The van der Waals surface area contributed by atoms with Crippen LogP contribution in [0.25, 0.3) is 4.85 Å². The Morgan fingerprint density at radius 2 is 1.82 bits per heavy atom. The molecule has 6 heteroatoms. The van der Waals surface area contributed by atoms with Crippen LogP contribution in [0.2, 0.25) is 0 Å². The van der Waals surface area contributed by atoms with Gasteiger partial charge in [0.25, 0.3) is 0 Å². The van der Waals surface area contributed by atoms with Crippen LogP contribution in [0.4, 0.5) is 0 Å². The molecule has 2 amide bonds. The zero-order chi connectivity index (χ0) is 19.7. The lowest BCUT2D eigenvalue weighted by Crippen LogP contribution is -2.55. The Bertz CT molecular complexity index is 774. The third-order valence-corrected chi connectivity index (χ3v) is 6.66. The van der Waals surface area contributed by atoms with E-state index in [0.717, 1.165) is 31.2 Å². The average Bonchev–Trinajstić information content (AvgIpc) is 3.34. The minimum Gasteiger partial charge on any atom is -0.332 e. The minimum absolute atomic E-state index is 0.00398. The van der Waals surface area contributed by atoms with E-state index in [2.05, 4.69) is 4.85 Å². The lowest BCUT2D eigenvalue weighted by atomic mass is 9.95. The Balaban J connectivity index is 1.53. The molecule has 3 aliphatic heterocycles. The first kappa shape index (κ1) is 18.9. The van der Waals surface area contributed by atoms with Crippen molar-refractivity contribution in [2.24, 2.45) is 5.73 Å². The summed E-state index contributed by atoms with van der Waals surface area (Å²) in [6, 6.07) is 8.97. The molecule has 0 aliphatic carbocycles. The first-order chi connectivity index (χ1) is 13.6. The molecule has 0 unspecified atom stereocenters. The highest BCUT2D eigenvalue weighted by Crippen LogP contribution is 2.35. The monoisotopic (exact) mass is 380 g/mol. The van der Waals surface area contributed by atoms with Crippen molar-refractivity contribution in [3.63, 3.8) is 0 Å². The highest BCUT2D eigenvalue weighted by molar-refractivity contribution is 5.91. The van der Waals surface area contributed by atoms with Crippen LogP contribution in [0, 0.1) is 6.57 Å². The normalized spacial score (nSPS) is 33.1. The number of carbonyl (C=O) groups excluding carboxylic acids is 2. The van der Waals surface area contributed by atoms with Crippen LogP contribution in [0.3, 0.4) is 0 Å². The number of benzene rings is 1. The number of fused-ring (bicyclic) bond motifs is 1. The highest BCUT2D eigenvalue weighted by Gasteiger charge is 2.48. The van der Waals surface area contributed by atoms with Crippen molar-refractivity contribution in [2.75, 3.05) is 13.1 Å². The fourth-order valence-corrected chi connectivity index (χ4v) is 5.14. The number of nitrogens with two attached hydrogens (primary N) is 1. The third kappa shape index (κ3) is 3.40. The van der Waals surface area contributed by atoms with Gasteiger partial charge in [0.15, 0.2) is 0 Å². The Labute approximate surface area is 166 Å². The zero-order valence-corrected chi connectivity index (χ0v) is 16.2. The summed E-state index contributed by atoms with van der Waals surface area (Å²) in [5.41, 5.74) is 7.21. The van der Waals surface area contributed by atoms with Crippen molar-refractivity contribution < 1.29 is 9.59 Å². The Kier molecular flexibility index (Phi) is 5.36. The number of nitrogens with zero attached hydrogens (tertiary/aromatic N) is 3. The van der Waals surface area contributed by atoms with Gasteiger partial charge in [0.1, 0.15) is 6.04 Å². The first-order valence-corrected chi connectivity index (χ1v) is 10.4. The molecule has 3 fully saturated rings. The first-order valence-electron chi connectivity index (χ1n) is 10.4. The molecule has 0 saturated carbocycles. The molecule has 28 heavy (non-hydrogen) atoms. The zero-order valence-electron chi connectivity index (χ0n) is 16.2. The van der Waals surface area contributed by atoms with E-state index >= 15 is 0 Å². The molecule has 0 spiro atoms. The molecule has 0 bridgehead atoms. The minimum atomic E-state index is -0.497. The molecule has 3 aliphatic rings. The van der Waals surface area contributed by atoms with E-state index < -0.39 is 12.1 Å². The van der Waals surface area contributed by atoms with Crippen molar-refractivity contribution in [1.82, 2.24) is 9.80 Å². The lowest BCUT2D eigenvalue weighted by molar-refractivity contribution is -0.146. The van der Waals surface area contributed by atoms with Crippen molar-refractivity contribution in [1.29, 1.82) is 0 Å². The van der Waals surface area contributed by atoms with Gasteiger partial charge in [-0.2, -0.15) is 0 Å². The van der Waals surface area contributed by atoms with Crippen LogP contribution in [0.1, 0.15) is 50.0 Å². The number of amides is 2. The van der Waals surface area contributed by atoms with Gasteiger partial charge in [0.2, 0.25) is 17.9 Å². The molecule has 5 atom stereocenters. The Morgan fingerprint density at radius 1 is 1.07 bits per heavy atom. The summed E-state index contributed by atoms with van der Waals surface area (Å²) in [4.78, 5) is 33.7. The summed E-state index contributed by atoms with van der Waals surface area (Å²) in [7, 11) is 0. The van der Waals surface area contributed by atoms with Crippen LogP contribution in [0.15, 0.2) is 30.3 Å². The summed E-state index contributed by atoms with van der Waals surface area (Å²) in [5, 5.41) is 0. The van der Waals surface area contributed by atoms with Gasteiger partial charge in [-0.25, -0.2) is 6.57 Å². The smallest absolute Gasteiger partial charge is 0.249 e. The average molecular weight is 380 g/mol. The maximum absolute atomic E-state index is 13.4. The molecular weight excluding hydrogens is 352 g/mol. The standard InChI is InChI=1S/C22H28N4O2/c1-24-19-14-25(13-17(19)15-7-3-2-4-8-15)22(28)20-12-11-16-9-5-6-10-18(23)21(27)26(16)20/h2-4,7-8,16-20H,5-6,9-14,23H2/t16-,17-,18-,19+,20-/m0/s1. The number of carbonyl (C=O) groups is 2. The SMILES string of the molecule is [C-]#[N+][C@@H]1CN(C(=O)[C@@H]2CC[C@@H]3CCCC[C@H](N)C(=O)N32)C[C@H]1c1ccccc1. The molecule has 3 heterocycles. The van der Waals surface area contributed by atoms with Crippen LogP contribution >= 0.6 is 0 Å². The van der Waals surface area contributed by atoms with E-state index in [1.807, 2.05) is 35.2 Å². The van der Waals surface area contributed by atoms with Gasteiger partial charge in [-0.15, -0.1) is 0 Å². The van der Waals surface area contributed by atoms with E-state index in [0.29, 0.717) is 25.9 Å². The second kappa shape index (κ2) is 7.92. The predicted molar refractivity (Wildman–Crippen MR) is 106 cm³/mol. The molecule has 0 aromatic heterocycles. The van der Waals surface area contributed by atoms with Crippen LogP contribution in [-0.2, 0) is 9.59 Å². The second-order valence-corrected chi connectivity index (χ2v) is 8.34. The second-order valence-electron chi connectivity index (χ2n) is 8.34. The number of rotatable bonds is 2. The van der Waals surface area contributed by atoms with E-state index in [4.69, 9.17) is 12.3 Å². The fraction of sp³-hybridized carbons (Fsp3) is 0.591. The predicted octanol–water partition coefficient (Wildman–Crippen LogP) is 2.16. The van der Waals surface area contributed by atoms with E-state index in [1.54, 1.807) is 4.90 Å². The Hall–Kier alpha value is -2.39. The molecule has 1 aromatic carbocycles. The lowest BCUT2D eigenvalue weighted by Gasteiger charge is -2.35. The van der Waals surface area contributed by atoms with Gasteiger partial charge in [-0.3, -0.25) is 9.59 Å². The van der Waals surface area contributed by atoms with Crippen LogP contribution < -0.4 is 5.73 Å². The van der Waals surface area contributed by atoms with Gasteiger partial charge in [0, 0.05) is 12.6 Å². The van der Waals surface area contributed by atoms with Crippen molar-refractivity contribution in [2.45, 2.75) is 68.6 Å². The van der Waals surface area contributed by atoms with E-state index in [1.165, 1.54) is 0 Å². The third-order valence-electron chi connectivity index (χ3n) is 6.66. The summed E-state index contributed by atoms with van der Waals surface area (Å²) < 4.78 is 0. The molecule has 0 radical (unpaired) electrons. The number of hydrogen-bond donors (Lipinski definition) is 1. The maximum Gasteiger partial charge on any atom is 0.249 e. The van der Waals surface area contributed by atoms with Gasteiger partial charge in [0.05, 0.1) is 18.5 Å². The van der Waals surface area contributed by atoms with Gasteiger partial charge in [-0.1, -0.05) is 43.2 Å². The molecular formula is C22H28N4O2. The van der Waals surface area contributed by atoms with Gasteiger partial charge < -0.3 is 20.4 Å². The fourth-order valence-electron chi connectivity index (χ4n) is 5.14. The van der Waals surface area contributed by atoms with E-state index in [-0.39, 0.29) is 29.8 Å².